The Kier molecular flexibility index (Phi) is 5.37. The van der Waals surface area contributed by atoms with Crippen molar-refractivity contribution in [3.05, 3.63) is 95.8 Å². The SMILES string of the molecule is COc1ccc(C(=O)C[n+]2ccc(C=Cc3ccccc3)cc2)cc1. The van der Waals surface area contributed by atoms with E-state index in [1.807, 2.05) is 47.3 Å². The predicted molar refractivity (Wildman–Crippen MR) is 99.3 cm³/mol. The second-order valence-electron chi connectivity index (χ2n) is 5.70. The van der Waals surface area contributed by atoms with E-state index < -0.39 is 0 Å². The fraction of sp³-hybridized carbons (Fsp3) is 0.0909. The molecule has 2 aromatic carbocycles. The first-order valence-corrected chi connectivity index (χ1v) is 8.14. The highest BCUT2D eigenvalue weighted by Gasteiger charge is 2.11. The molecule has 0 aliphatic rings. The molecular weight excluding hydrogens is 310 g/mol. The fourth-order valence-electron chi connectivity index (χ4n) is 2.48. The summed E-state index contributed by atoms with van der Waals surface area (Å²) in [4.78, 5) is 12.3. The number of hydrogen-bond acceptors (Lipinski definition) is 2. The van der Waals surface area contributed by atoms with Gasteiger partial charge in [-0.25, -0.2) is 0 Å². The lowest BCUT2D eigenvalue weighted by molar-refractivity contribution is -0.683. The van der Waals surface area contributed by atoms with Gasteiger partial charge in [-0.3, -0.25) is 4.79 Å². The fourth-order valence-corrected chi connectivity index (χ4v) is 2.48. The second kappa shape index (κ2) is 8.06. The number of Topliss-reactive ketones (excluding diaryl/α,β-unsaturated/α-hetero) is 1. The lowest BCUT2D eigenvalue weighted by atomic mass is 10.1. The highest BCUT2D eigenvalue weighted by atomic mass is 16.5. The minimum atomic E-state index is 0.0697. The van der Waals surface area contributed by atoms with Crippen LogP contribution in [0.5, 0.6) is 5.75 Å². The van der Waals surface area contributed by atoms with Crippen molar-refractivity contribution in [1.29, 1.82) is 0 Å². The first-order chi connectivity index (χ1) is 12.2. The quantitative estimate of drug-likeness (QED) is 0.504. The molecule has 3 rings (SSSR count). The minimum absolute atomic E-state index is 0.0697. The Morgan fingerprint density at radius 1 is 0.880 bits per heavy atom. The third kappa shape index (κ3) is 4.64. The van der Waals surface area contributed by atoms with E-state index in [1.54, 1.807) is 31.4 Å². The summed E-state index contributed by atoms with van der Waals surface area (Å²) in [6.07, 6.45) is 7.98. The molecule has 0 amide bonds. The van der Waals surface area contributed by atoms with Crippen molar-refractivity contribution < 1.29 is 14.1 Å². The van der Waals surface area contributed by atoms with Gasteiger partial charge in [0.2, 0.25) is 12.3 Å². The van der Waals surface area contributed by atoms with Gasteiger partial charge in [0.1, 0.15) is 5.75 Å². The number of carbonyl (C=O) groups is 1. The molecule has 0 unspecified atom stereocenters. The van der Waals surface area contributed by atoms with E-state index in [0.717, 1.165) is 16.9 Å². The smallest absolute Gasteiger partial charge is 0.227 e. The van der Waals surface area contributed by atoms with Crippen molar-refractivity contribution in [2.45, 2.75) is 6.54 Å². The molecule has 3 heteroatoms. The molecule has 0 aliphatic heterocycles. The number of carbonyl (C=O) groups excluding carboxylic acids is 1. The minimum Gasteiger partial charge on any atom is -0.497 e. The number of benzene rings is 2. The van der Waals surface area contributed by atoms with Gasteiger partial charge in [0.25, 0.3) is 0 Å². The van der Waals surface area contributed by atoms with Crippen LogP contribution >= 0.6 is 0 Å². The average Bonchev–Trinajstić information content (AvgIpc) is 2.68. The predicted octanol–water partition coefficient (Wildman–Crippen LogP) is 4.04. The average molecular weight is 330 g/mol. The molecule has 25 heavy (non-hydrogen) atoms. The maximum Gasteiger partial charge on any atom is 0.227 e. The Bertz CT molecular complexity index is 851. The Morgan fingerprint density at radius 2 is 1.48 bits per heavy atom. The number of rotatable bonds is 6. The molecular formula is C22H20NO2+. The molecule has 0 atom stereocenters. The zero-order valence-corrected chi connectivity index (χ0v) is 14.1. The largest absolute Gasteiger partial charge is 0.497 e. The van der Waals surface area contributed by atoms with Gasteiger partial charge >= 0.3 is 0 Å². The molecule has 0 radical (unpaired) electrons. The number of methoxy groups -OCH3 is 1. The van der Waals surface area contributed by atoms with E-state index in [4.69, 9.17) is 4.74 Å². The number of nitrogens with zero attached hydrogens (tertiary/aromatic N) is 1. The first kappa shape index (κ1) is 16.7. The van der Waals surface area contributed by atoms with E-state index >= 15 is 0 Å². The van der Waals surface area contributed by atoms with Crippen molar-refractivity contribution in [1.82, 2.24) is 0 Å². The Labute approximate surface area is 147 Å². The third-order valence-corrected chi connectivity index (χ3v) is 3.92. The molecule has 0 bridgehead atoms. The van der Waals surface area contributed by atoms with Gasteiger partial charge in [-0.1, -0.05) is 42.5 Å². The molecule has 1 aromatic heterocycles. The Morgan fingerprint density at radius 3 is 2.08 bits per heavy atom. The number of ketones is 1. The van der Waals surface area contributed by atoms with Crippen LogP contribution < -0.4 is 9.30 Å². The van der Waals surface area contributed by atoms with Gasteiger partial charge in [0.15, 0.2) is 12.4 Å². The van der Waals surface area contributed by atoms with Crippen LogP contribution in [0.1, 0.15) is 21.5 Å². The molecule has 0 spiro atoms. The van der Waals surface area contributed by atoms with Crippen LogP contribution in [0, 0.1) is 0 Å². The number of pyridine rings is 1. The van der Waals surface area contributed by atoms with Crippen LogP contribution in [-0.4, -0.2) is 12.9 Å². The molecule has 0 fully saturated rings. The van der Waals surface area contributed by atoms with Crippen molar-refractivity contribution >= 4 is 17.9 Å². The van der Waals surface area contributed by atoms with E-state index in [2.05, 4.69) is 24.3 Å². The van der Waals surface area contributed by atoms with Crippen LogP contribution in [0.4, 0.5) is 0 Å². The third-order valence-electron chi connectivity index (χ3n) is 3.92. The van der Waals surface area contributed by atoms with E-state index in [1.165, 1.54) is 0 Å². The van der Waals surface area contributed by atoms with Crippen molar-refractivity contribution in [2.24, 2.45) is 0 Å². The molecule has 124 valence electrons. The second-order valence-corrected chi connectivity index (χ2v) is 5.70. The summed E-state index contributed by atoms with van der Waals surface area (Å²) in [6.45, 7) is 0.314. The Balaban J connectivity index is 1.63. The molecule has 0 saturated carbocycles. The van der Waals surface area contributed by atoms with Crippen LogP contribution in [0.3, 0.4) is 0 Å². The van der Waals surface area contributed by atoms with Gasteiger partial charge < -0.3 is 4.74 Å². The van der Waals surface area contributed by atoms with Crippen molar-refractivity contribution in [3.8, 4) is 5.75 Å². The van der Waals surface area contributed by atoms with Gasteiger partial charge in [0.05, 0.1) is 7.11 Å². The lowest BCUT2D eigenvalue weighted by Crippen LogP contribution is -2.37. The van der Waals surface area contributed by atoms with Crippen molar-refractivity contribution in [3.63, 3.8) is 0 Å². The highest BCUT2D eigenvalue weighted by molar-refractivity contribution is 5.95. The summed E-state index contributed by atoms with van der Waals surface area (Å²) >= 11 is 0. The Hall–Kier alpha value is -3.20. The summed E-state index contributed by atoms with van der Waals surface area (Å²) in [5.74, 6) is 0.819. The van der Waals surface area contributed by atoms with E-state index in [9.17, 15) is 4.79 Å². The normalized spacial score (nSPS) is 10.8. The maximum absolute atomic E-state index is 12.3. The molecule has 0 aliphatic carbocycles. The number of aromatic nitrogens is 1. The topological polar surface area (TPSA) is 30.2 Å². The molecule has 3 nitrogen and oxygen atoms in total. The monoisotopic (exact) mass is 330 g/mol. The molecule has 0 saturated heterocycles. The van der Waals surface area contributed by atoms with Crippen LogP contribution in [-0.2, 0) is 6.54 Å². The summed E-state index contributed by atoms with van der Waals surface area (Å²) in [5.41, 5.74) is 2.94. The van der Waals surface area contributed by atoms with E-state index in [-0.39, 0.29) is 5.78 Å². The van der Waals surface area contributed by atoms with Crippen molar-refractivity contribution in [2.75, 3.05) is 7.11 Å². The number of hydrogen-bond donors (Lipinski definition) is 0. The number of ether oxygens (including phenoxy) is 1. The summed E-state index contributed by atoms with van der Waals surface area (Å²) in [7, 11) is 1.61. The lowest BCUT2D eigenvalue weighted by Gasteiger charge is -2.01. The standard InChI is InChI=1S/C22H20NO2/c1-25-21-11-9-20(10-12-21)22(24)17-23-15-13-19(14-16-23)8-7-18-5-3-2-4-6-18/h2-16H,17H2,1H3/q+1. The maximum atomic E-state index is 12.3. The zero-order chi connectivity index (χ0) is 17.5. The van der Waals surface area contributed by atoms with Crippen LogP contribution in [0.15, 0.2) is 79.1 Å². The van der Waals surface area contributed by atoms with Gasteiger partial charge in [-0.05, 0) is 35.4 Å². The first-order valence-electron chi connectivity index (χ1n) is 8.14. The highest BCUT2D eigenvalue weighted by Crippen LogP contribution is 2.12. The van der Waals surface area contributed by atoms with Crippen LogP contribution in [0.2, 0.25) is 0 Å². The van der Waals surface area contributed by atoms with Gasteiger partial charge in [0, 0.05) is 17.7 Å². The molecule has 0 N–H and O–H groups in total. The zero-order valence-electron chi connectivity index (χ0n) is 14.1. The molecule has 1 heterocycles. The van der Waals surface area contributed by atoms with Gasteiger partial charge in [-0.2, -0.15) is 4.57 Å². The summed E-state index contributed by atoms with van der Waals surface area (Å²) in [6, 6.07) is 21.3. The molecule has 3 aromatic rings. The van der Waals surface area contributed by atoms with E-state index in [0.29, 0.717) is 12.1 Å². The van der Waals surface area contributed by atoms with Gasteiger partial charge in [-0.15, -0.1) is 0 Å². The summed E-state index contributed by atoms with van der Waals surface area (Å²) in [5, 5.41) is 0. The van der Waals surface area contributed by atoms with Crippen LogP contribution in [0.25, 0.3) is 12.2 Å². The summed E-state index contributed by atoms with van der Waals surface area (Å²) < 4.78 is 6.99.